The highest BCUT2D eigenvalue weighted by Gasteiger charge is 2.40. The molecule has 0 unspecified atom stereocenters. The van der Waals surface area contributed by atoms with Gasteiger partial charge in [0.25, 0.3) is 0 Å². The van der Waals surface area contributed by atoms with Crippen molar-refractivity contribution in [3.63, 3.8) is 0 Å². The van der Waals surface area contributed by atoms with Crippen LogP contribution in [-0.2, 0) is 44.7 Å². The number of amides is 3. The van der Waals surface area contributed by atoms with Gasteiger partial charge >= 0.3 is 11.9 Å². The molecule has 0 spiro atoms. The number of Topliss-reactive ketones (excluding diaryl/α,β-unsaturated/α-hetero) is 1. The average Bonchev–Trinajstić information content (AvgIpc) is 4.12. The van der Waals surface area contributed by atoms with E-state index in [4.69, 9.17) is 9.47 Å². The molecule has 2 saturated heterocycles. The van der Waals surface area contributed by atoms with Crippen LogP contribution in [0, 0.1) is 6.92 Å². The van der Waals surface area contributed by atoms with Gasteiger partial charge in [-0.25, -0.2) is 0 Å². The summed E-state index contributed by atoms with van der Waals surface area (Å²) in [4.78, 5) is 90.0. The Kier molecular flexibility index (Phi) is 15.3. The molecule has 3 heterocycles. The topological polar surface area (TPSA) is 155 Å². The van der Waals surface area contributed by atoms with E-state index in [0.717, 1.165) is 44.4 Å². The molecule has 374 valence electrons. The highest BCUT2D eigenvalue weighted by molar-refractivity contribution is 6.05. The number of carbonyl (C=O) groups is 6. The van der Waals surface area contributed by atoms with Crippen LogP contribution in [0.5, 0.6) is 0 Å². The Balaban J connectivity index is 1.01. The smallest absolute Gasteiger partial charge is 0.307 e. The lowest BCUT2D eigenvalue weighted by atomic mass is 9.92. The Morgan fingerprint density at radius 3 is 1.71 bits per heavy atom. The molecule has 12 heteroatoms. The fraction of sp³-hybridized carbons (Fsp3) is 0.367. The fourth-order valence-corrected chi connectivity index (χ4v) is 10.2. The summed E-state index contributed by atoms with van der Waals surface area (Å²) < 4.78 is 11.2. The van der Waals surface area contributed by atoms with Crippen molar-refractivity contribution in [2.24, 2.45) is 0 Å². The zero-order chi connectivity index (χ0) is 51.3. The first kappa shape index (κ1) is 51.0. The number of nitrogens with one attached hydrogen (secondary N) is 2. The van der Waals surface area contributed by atoms with E-state index in [2.05, 4.69) is 28.5 Å². The lowest BCUT2D eigenvalue weighted by Crippen LogP contribution is -2.45. The van der Waals surface area contributed by atoms with E-state index in [1.165, 1.54) is 0 Å². The number of ether oxygens (including phenoxy) is 2. The zero-order valence-corrected chi connectivity index (χ0v) is 42.5. The van der Waals surface area contributed by atoms with Gasteiger partial charge in [0.2, 0.25) is 17.7 Å². The molecule has 0 bridgehead atoms. The molecule has 2 aliphatic heterocycles. The standard InChI is InChI=1S/C60H66N4O8/c1-38-17-14-22-43(33-38)54-47-34-39(35-51(65)49-23-15-31-63(49)57(69)45(40-18-10-8-11-19-40)36-52(66)71-59(2,3)4)25-30-48(47)62-55(54)42-26-28-44(29-27-42)61-56(68)50-24-16-32-64(50)58(70)46(41-20-12-9-13-21-41)37-53(67)72-60(5,6)7/h8-14,17-22,25-30,33-34,45-46,49-50,62H,15-16,23-24,31-32,35-37H2,1-7H3,(H,61,68)/t45-,46-,49+,50+/m1/s1. The predicted octanol–water partition coefficient (Wildman–Crippen LogP) is 10.9. The predicted molar refractivity (Wildman–Crippen MR) is 280 cm³/mol. The number of aromatic nitrogens is 1. The summed E-state index contributed by atoms with van der Waals surface area (Å²) in [6, 6.07) is 38.9. The Morgan fingerprint density at radius 1 is 0.625 bits per heavy atom. The molecule has 5 aromatic carbocycles. The zero-order valence-electron chi connectivity index (χ0n) is 42.5. The second-order valence-electron chi connectivity index (χ2n) is 21.2. The number of fused-ring (bicyclic) bond motifs is 1. The largest absolute Gasteiger partial charge is 0.460 e. The fourth-order valence-electron chi connectivity index (χ4n) is 10.2. The molecule has 2 N–H and O–H groups in total. The number of aromatic amines is 1. The highest BCUT2D eigenvalue weighted by atomic mass is 16.6. The second-order valence-corrected chi connectivity index (χ2v) is 21.2. The number of rotatable bonds is 15. The monoisotopic (exact) mass is 970 g/mol. The molecule has 0 radical (unpaired) electrons. The summed E-state index contributed by atoms with van der Waals surface area (Å²) >= 11 is 0. The first-order valence-electron chi connectivity index (χ1n) is 25.1. The summed E-state index contributed by atoms with van der Waals surface area (Å²) in [7, 11) is 0. The van der Waals surface area contributed by atoms with E-state index >= 15 is 0 Å². The van der Waals surface area contributed by atoms with E-state index in [0.29, 0.717) is 55.6 Å². The normalized spacial score (nSPS) is 16.8. The van der Waals surface area contributed by atoms with Crippen LogP contribution < -0.4 is 5.32 Å². The SMILES string of the molecule is Cc1cccc(-c2c(-c3ccc(NC(=O)[C@@H]4CCCN4C(=O)[C@H](CC(=O)OC(C)(C)C)c4ccccc4)cc3)[nH]c3ccc(CC(=O)[C@@H]4CCCN4C(=O)[C@H](CC(=O)OC(C)(C)C)c4ccccc4)cc23)c1. The van der Waals surface area contributed by atoms with Gasteiger partial charge in [-0.2, -0.15) is 0 Å². The van der Waals surface area contributed by atoms with Gasteiger partial charge in [0, 0.05) is 41.7 Å². The van der Waals surface area contributed by atoms with E-state index < -0.39 is 47.1 Å². The van der Waals surface area contributed by atoms with Crippen LogP contribution in [0.2, 0.25) is 0 Å². The molecular formula is C60H66N4O8. The van der Waals surface area contributed by atoms with Crippen LogP contribution in [0.4, 0.5) is 5.69 Å². The van der Waals surface area contributed by atoms with Crippen molar-refractivity contribution in [3.8, 4) is 22.4 Å². The van der Waals surface area contributed by atoms with Gasteiger partial charge in [0.15, 0.2) is 5.78 Å². The van der Waals surface area contributed by atoms with Gasteiger partial charge in [0.05, 0.1) is 36.4 Å². The number of likely N-dealkylation sites (tertiary alicyclic amines) is 2. The second kappa shape index (κ2) is 21.6. The van der Waals surface area contributed by atoms with Gasteiger partial charge in [0.1, 0.15) is 17.2 Å². The Hall–Kier alpha value is -7.34. The van der Waals surface area contributed by atoms with Crippen molar-refractivity contribution in [1.29, 1.82) is 0 Å². The van der Waals surface area contributed by atoms with E-state index in [9.17, 15) is 28.8 Å². The number of hydrogen-bond donors (Lipinski definition) is 2. The van der Waals surface area contributed by atoms with Crippen LogP contribution >= 0.6 is 0 Å². The molecule has 2 fully saturated rings. The van der Waals surface area contributed by atoms with Gasteiger partial charge in [-0.15, -0.1) is 0 Å². The van der Waals surface area contributed by atoms with Crippen molar-refractivity contribution < 1.29 is 38.2 Å². The maximum atomic E-state index is 14.4. The van der Waals surface area contributed by atoms with Gasteiger partial charge in [-0.3, -0.25) is 28.8 Å². The number of H-pyrrole nitrogens is 1. The van der Waals surface area contributed by atoms with Crippen LogP contribution in [-0.4, -0.2) is 86.6 Å². The lowest BCUT2D eigenvalue weighted by Gasteiger charge is -2.29. The summed E-state index contributed by atoms with van der Waals surface area (Å²) in [5, 5.41) is 3.99. The van der Waals surface area contributed by atoms with Gasteiger partial charge < -0.3 is 29.6 Å². The number of hydrogen-bond acceptors (Lipinski definition) is 8. The minimum atomic E-state index is -0.797. The Labute approximate surface area is 422 Å². The van der Waals surface area contributed by atoms with Gasteiger partial charge in [-0.05, 0) is 126 Å². The third kappa shape index (κ3) is 12.2. The third-order valence-electron chi connectivity index (χ3n) is 13.3. The molecule has 1 aromatic heterocycles. The third-order valence-corrected chi connectivity index (χ3v) is 13.3. The molecular weight excluding hydrogens is 905 g/mol. The van der Waals surface area contributed by atoms with Crippen LogP contribution in [0.3, 0.4) is 0 Å². The first-order chi connectivity index (χ1) is 34.3. The number of aryl methyl sites for hydroxylation is 1. The van der Waals surface area contributed by atoms with Crippen LogP contribution in [0.1, 0.15) is 114 Å². The Morgan fingerprint density at radius 2 is 1.17 bits per heavy atom. The molecule has 0 aliphatic carbocycles. The number of ketones is 1. The van der Waals surface area contributed by atoms with Crippen LogP contribution in [0.25, 0.3) is 33.3 Å². The number of anilines is 1. The lowest BCUT2D eigenvalue weighted by molar-refractivity contribution is -0.158. The number of benzene rings is 5. The highest BCUT2D eigenvalue weighted by Crippen LogP contribution is 2.40. The maximum absolute atomic E-state index is 14.4. The summed E-state index contributed by atoms with van der Waals surface area (Å²) in [6.07, 6.45) is 2.23. The van der Waals surface area contributed by atoms with Crippen LogP contribution in [0.15, 0.2) is 127 Å². The van der Waals surface area contributed by atoms with Crippen molar-refractivity contribution in [3.05, 3.63) is 150 Å². The summed E-state index contributed by atoms with van der Waals surface area (Å²) in [5.41, 5.74) is 7.05. The minimum absolute atomic E-state index is 0.0586. The molecule has 8 rings (SSSR count). The average molecular weight is 971 g/mol. The number of nitrogens with zero attached hydrogens (tertiary/aromatic N) is 2. The quantitative estimate of drug-likeness (QED) is 0.0964. The maximum Gasteiger partial charge on any atom is 0.307 e. The Bertz CT molecular complexity index is 2950. The molecule has 0 saturated carbocycles. The molecule has 4 atom stereocenters. The minimum Gasteiger partial charge on any atom is -0.460 e. The summed E-state index contributed by atoms with van der Waals surface area (Å²) in [6.45, 7) is 13.7. The number of esters is 2. The molecule has 72 heavy (non-hydrogen) atoms. The molecule has 12 nitrogen and oxygen atoms in total. The van der Waals surface area contributed by atoms with E-state index in [1.807, 2.05) is 116 Å². The molecule has 3 amide bonds. The van der Waals surface area contributed by atoms with E-state index in [-0.39, 0.29) is 42.8 Å². The van der Waals surface area contributed by atoms with Crippen molar-refractivity contribution in [1.82, 2.24) is 14.8 Å². The van der Waals surface area contributed by atoms with Crippen molar-refractivity contribution in [2.45, 2.75) is 129 Å². The molecule has 6 aromatic rings. The van der Waals surface area contributed by atoms with Crippen molar-refractivity contribution in [2.75, 3.05) is 18.4 Å². The van der Waals surface area contributed by atoms with Crippen molar-refractivity contribution >= 4 is 52.0 Å². The van der Waals surface area contributed by atoms with E-state index in [1.54, 1.807) is 51.3 Å². The van der Waals surface area contributed by atoms with Gasteiger partial charge in [-0.1, -0.05) is 109 Å². The first-order valence-corrected chi connectivity index (χ1v) is 25.1. The number of carbonyl (C=O) groups excluding carboxylic acids is 6. The summed E-state index contributed by atoms with van der Waals surface area (Å²) in [5.74, 6) is -3.41. The molecule has 2 aliphatic rings.